The second kappa shape index (κ2) is 5.54. The molecular weight excluding hydrogens is 354 g/mol. The lowest BCUT2D eigenvalue weighted by molar-refractivity contribution is 0.641. The third-order valence-electron chi connectivity index (χ3n) is 5.48. The molecule has 134 valence electrons. The molecule has 0 saturated heterocycles. The summed E-state index contributed by atoms with van der Waals surface area (Å²) in [5.41, 5.74) is 5.33. The topological polar surface area (TPSA) is 37.6 Å². The summed E-state index contributed by atoms with van der Waals surface area (Å²) in [5.74, 6) is 0. The fourth-order valence-corrected chi connectivity index (χ4v) is 5.01. The molecule has 0 saturated carbocycles. The Kier molecular flexibility index (Phi) is 3.34. The van der Waals surface area contributed by atoms with E-state index in [1.54, 1.807) is 4.40 Å². The molecule has 0 aliphatic carbocycles. The van der Waals surface area contributed by atoms with Crippen molar-refractivity contribution in [3.63, 3.8) is 0 Å². The number of aromatic nitrogens is 2. The van der Waals surface area contributed by atoms with E-state index < -0.39 is 0 Å². The zero-order valence-electron chi connectivity index (χ0n) is 15.4. The van der Waals surface area contributed by atoms with Gasteiger partial charge >= 0.3 is 0 Å². The Morgan fingerprint density at radius 3 is 2.59 bits per heavy atom. The molecule has 0 radical (unpaired) electrons. The standard InChI is InChI=1S/C22H19N3OS/c1-22(2)14-8-4-6-10-16(14)24(3)19(22)13-12-18-20(26)25-17-11-7-5-9-15(17)23-21(25)27-18/h4-13H,1-3H3/b18-12+,19-13+. The van der Waals surface area contributed by atoms with Crippen molar-refractivity contribution in [2.75, 3.05) is 11.9 Å². The lowest BCUT2D eigenvalue weighted by Gasteiger charge is -2.23. The molecule has 4 nitrogen and oxygen atoms in total. The Hall–Kier alpha value is -2.92. The van der Waals surface area contributed by atoms with Crippen molar-refractivity contribution >= 4 is 39.1 Å². The van der Waals surface area contributed by atoms with Crippen LogP contribution >= 0.6 is 11.3 Å². The summed E-state index contributed by atoms with van der Waals surface area (Å²) in [6.45, 7) is 4.45. The van der Waals surface area contributed by atoms with Crippen molar-refractivity contribution in [2.24, 2.45) is 0 Å². The first-order valence-corrected chi connectivity index (χ1v) is 9.76. The maximum Gasteiger partial charge on any atom is 0.274 e. The van der Waals surface area contributed by atoms with Gasteiger partial charge in [-0.1, -0.05) is 55.5 Å². The summed E-state index contributed by atoms with van der Waals surface area (Å²) < 4.78 is 2.42. The minimum atomic E-state index is -0.102. The van der Waals surface area contributed by atoms with Gasteiger partial charge in [0.05, 0.1) is 15.6 Å². The van der Waals surface area contributed by atoms with Crippen LogP contribution in [0.2, 0.25) is 0 Å². The van der Waals surface area contributed by atoms with Crippen LogP contribution in [0.3, 0.4) is 0 Å². The van der Waals surface area contributed by atoms with E-state index in [9.17, 15) is 4.79 Å². The number of hydrogen-bond acceptors (Lipinski definition) is 4. The van der Waals surface area contributed by atoms with Crippen LogP contribution in [0, 0.1) is 0 Å². The van der Waals surface area contributed by atoms with Gasteiger partial charge in [-0.05, 0) is 35.9 Å². The zero-order chi connectivity index (χ0) is 18.8. The maximum atomic E-state index is 12.9. The average molecular weight is 373 g/mol. The number of allylic oxidation sites excluding steroid dienone is 2. The van der Waals surface area contributed by atoms with Gasteiger partial charge in [0.25, 0.3) is 5.56 Å². The molecular formula is C22H19N3OS. The number of rotatable bonds is 1. The molecule has 0 atom stereocenters. The number of para-hydroxylation sites is 3. The highest BCUT2D eigenvalue weighted by molar-refractivity contribution is 7.15. The number of imidazole rings is 1. The number of benzene rings is 2. The predicted octanol–water partition coefficient (Wildman–Crippen LogP) is 3.72. The van der Waals surface area contributed by atoms with E-state index >= 15 is 0 Å². The van der Waals surface area contributed by atoms with Crippen molar-refractivity contribution in [3.8, 4) is 0 Å². The molecule has 0 bridgehead atoms. The minimum Gasteiger partial charge on any atom is -0.347 e. The maximum absolute atomic E-state index is 12.9. The summed E-state index contributed by atoms with van der Waals surface area (Å²) in [7, 11) is 2.08. The normalized spacial score (nSPS) is 18.1. The summed E-state index contributed by atoms with van der Waals surface area (Å²) in [6.07, 6.45) is 4.02. The number of fused-ring (bicyclic) bond motifs is 4. The number of thiazole rings is 1. The van der Waals surface area contributed by atoms with E-state index in [0.29, 0.717) is 4.53 Å². The van der Waals surface area contributed by atoms with E-state index in [-0.39, 0.29) is 11.0 Å². The van der Waals surface area contributed by atoms with Gasteiger partial charge in [-0.15, -0.1) is 0 Å². The fraction of sp³-hybridized carbons (Fsp3) is 0.182. The Morgan fingerprint density at radius 1 is 1.04 bits per heavy atom. The van der Waals surface area contributed by atoms with Gasteiger partial charge in [0, 0.05) is 23.8 Å². The summed E-state index contributed by atoms with van der Waals surface area (Å²) >= 11 is 1.44. The third-order valence-corrected chi connectivity index (χ3v) is 6.47. The highest BCUT2D eigenvalue weighted by atomic mass is 32.1. The molecule has 4 aromatic rings. The van der Waals surface area contributed by atoms with Crippen molar-refractivity contribution in [1.29, 1.82) is 0 Å². The second-order valence-corrected chi connectivity index (χ2v) is 8.42. The highest BCUT2D eigenvalue weighted by Gasteiger charge is 2.37. The molecule has 2 aromatic heterocycles. The largest absolute Gasteiger partial charge is 0.347 e. The first-order valence-electron chi connectivity index (χ1n) is 8.94. The molecule has 0 amide bonds. The lowest BCUT2D eigenvalue weighted by Crippen LogP contribution is -2.24. The minimum absolute atomic E-state index is 0.00322. The smallest absolute Gasteiger partial charge is 0.274 e. The van der Waals surface area contributed by atoms with E-state index in [4.69, 9.17) is 0 Å². The number of anilines is 1. The van der Waals surface area contributed by atoms with E-state index in [1.165, 1.54) is 28.3 Å². The molecule has 2 aromatic carbocycles. The van der Waals surface area contributed by atoms with Gasteiger partial charge in [-0.2, -0.15) is 0 Å². The first kappa shape index (κ1) is 16.3. The van der Waals surface area contributed by atoms with Gasteiger partial charge < -0.3 is 4.90 Å². The van der Waals surface area contributed by atoms with Crippen molar-refractivity contribution < 1.29 is 0 Å². The van der Waals surface area contributed by atoms with E-state index in [1.807, 2.05) is 30.3 Å². The summed E-state index contributed by atoms with van der Waals surface area (Å²) in [4.78, 5) is 20.5. The molecule has 0 unspecified atom stereocenters. The second-order valence-electron chi connectivity index (χ2n) is 7.41. The Bertz CT molecular complexity index is 1340. The van der Waals surface area contributed by atoms with Crippen LogP contribution in [0.4, 0.5) is 5.69 Å². The molecule has 0 spiro atoms. The Labute approximate surface area is 160 Å². The monoisotopic (exact) mass is 373 g/mol. The molecule has 27 heavy (non-hydrogen) atoms. The molecule has 1 aliphatic heterocycles. The molecule has 3 heterocycles. The van der Waals surface area contributed by atoms with Gasteiger partial charge in [0.2, 0.25) is 0 Å². The summed E-state index contributed by atoms with van der Waals surface area (Å²) in [5, 5.41) is 0. The number of likely N-dealkylation sites (N-methyl/N-ethyl adjacent to an activating group) is 1. The molecule has 1 aliphatic rings. The van der Waals surface area contributed by atoms with Crippen LogP contribution in [-0.2, 0) is 5.41 Å². The number of nitrogens with zero attached hydrogens (tertiary/aromatic N) is 3. The third kappa shape index (κ3) is 2.21. The number of hydrogen-bond donors (Lipinski definition) is 0. The Morgan fingerprint density at radius 2 is 1.78 bits per heavy atom. The first-order chi connectivity index (χ1) is 13.0. The van der Waals surface area contributed by atoms with Gasteiger partial charge in [0.1, 0.15) is 0 Å². The average Bonchev–Trinajstić information content (AvgIpc) is 3.23. The van der Waals surface area contributed by atoms with Crippen LogP contribution in [0.15, 0.2) is 65.1 Å². The molecule has 5 rings (SSSR count). The molecule has 0 fully saturated rings. The van der Waals surface area contributed by atoms with Crippen molar-refractivity contribution in [2.45, 2.75) is 19.3 Å². The summed E-state index contributed by atoms with van der Waals surface area (Å²) in [6, 6.07) is 16.2. The van der Waals surface area contributed by atoms with Crippen LogP contribution in [0.5, 0.6) is 0 Å². The fourth-order valence-electron chi connectivity index (χ4n) is 4.08. The van der Waals surface area contributed by atoms with Crippen LogP contribution in [0.1, 0.15) is 19.4 Å². The highest BCUT2D eigenvalue weighted by Crippen LogP contribution is 2.46. The van der Waals surface area contributed by atoms with Gasteiger partial charge in [-0.3, -0.25) is 4.79 Å². The lowest BCUT2D eigenvalue weighted by atomic mass is 9.84. The van der Waals surface area contributed by atoms with E-state index in [2.05, 4.69) is 61.1 Å². The van der Waals surface area contributed by atoms with Crippen LogP contribution in [0.25, 0.3) is 22.1 Å². The van der Waals surface area contributed by atoms with Gasteiger partial charge in [-0.25, -0.2) is 9.38 Å². The van der Waals surface area contributed by atoms with E-state index in [0.717, 1.165) is 16.0 Å². The molecule has 0 N–H and O–H groups in total. The van der Waals surface area contributed by atoms with Crippen LogP contribution < -0.4 is 15.0 Å². The molecule has 5 heteroatoms. The quantitative estimate of drug-likeness (QED) is 0.510. The van der Waals surface area contributed by atoms with Crippen LogP contribution in [-0.4, -0.2) is 16.4 Å². The predicted molar refractivity (Wildman–Crippen MR) is 112 cm³/mol. The van der Waals surface area contributed by atoms with Crippen molar-refractivity contribution in [1.82, 2.24) is 9.38 Å². The Balaban J connectivity index is 1.68. The SMILES string of the molecule is CN1/C(=C/C=c2/sc3nc4ccccc4n3c2=O)C(C)(C)c2ccccc21. The van der Waals surface area contributed by atoms with Crippen molar-refractivity contribution in [3.05, 3.63) is 80.8 Å². The van der Waals surface area contributed by atoms with Gasteiger partial charge in [0.15, 0.2) is 4.96 Å². The zero-order valence-corrected chi connectivity index (χ0v) is 16.2.